The molecule has 2 aromatic carbocycles. The summed E-state index contributed by atoms with van der Waals surface area (Å²) < 4.78 is 66.7. The van der Waals surface area contributed by atoms with Crippen molar-refractivity contribution >= 4 is 15.9 Å². The molecular weight excluding hydrogens is 449 g/mol. The van der Waals surface area contributed by atoms with E-state index < -0.39 is 31.9 Å². The maximum atomic E-state index is 13.0. The fourth-order valence-corrected chi connectivity index (χ4v) is 4.67. The largest absolute Gasteiger partial charge is 0.416 e. The minimum absolute atomic E-state index is 0.00803. The number of hydrogen-bond donors (Lipinski definition) is 0. The van der Waals surface area contributed by atoms with Crippen molar-refractivity contribution in [3.8, 4) is 11.8 Å². The minimum atomic E-state index is -4.45. The zero-order valence-corrected chi connectivity index (χ0v) is 19.4. The molecule has 0 saturated heterocycles. The van der Waals surface area contributed by atoms with Crippen LogP contribution in [0.5, 0.6) is 0 Å². The van der Waals surface area contributed by atoms with Crippen LogP contribution < -0.4 is 0 Å². The molecule has 1 aromatic heterocycles. The van der Waals surface area contributed by atoms with Crippen LogP contribution in [0.25, 0.3) is 11.8 Å². The molecule has 0 radical (unpaired) electrons. The molecule has 4 nitrogen and oxygen atoms in total. The molecule has 0 atom stereocenters. The standard InChI is InChI=1S/C25H23F3N2O2S/c1-17-18(14-22(16-29)33(31,32)21-8-6-5-7-9-21)15-23(24(2,3)4)30(17)20-12-10-19(11-13-20)25(26,27)28/h5-15H,1-4H3/b22-14+. The normalized spacial score (nSPS) is 13.1. The molecule has 0 N–H and O–H groups in total. The van der Waals surface area contributed by atoms with E-state index in [0.29, 0.717) is 16.9 Å². The van der Waals surface area contributed by atoms with E-state index in [0.717, 1.165) is 17.8 Å². The fourth-order valence-electron chi connectivity index (χ4n) is 3.49. The highest BCUT2D eigenvalue weighted by Gasteiger charge is 2.31. The summed E-state index contributed by atoms with van der Waals surface area (Å²) in [5.41, 5.74) is 1.21. The van der Waals surface area contributed by atoms with Gasteiger partial charge in [-0.05, 0) is 61.0 Å². The molecule has 8 heteroatoms. The van der Waals surface area contributed by atoms with E-state index in [1.807, 2.05) is 20.8 Å². The number of allylic oxidation sites excluding steroid dienone is 1. The summed E-state index contributed by atoms with van der Waals surface area (Å²) in [4.78, 5) is -0.407. The highest BCUT2D eigenvalue weighted by atomic mass is 32.2. The van der Waals surface area contributed by atoms with Crippen molar-refractivity contribution in [2.75, 3.05) is 0 Å². The number of nitriles is 1. The Morgan fingerprint density at radius 3 is 2.06 bits per heavy atom. The second-order valence-electron chi connectivity index (χ2n) is 8.64. The summed E-state index contributed by atoms with van der Waals surface area (Å²) in [5.74, 6) is 0. The molecule has 0 spiro atoms. The first kappa shape index (κ1) is 24.3. The fraction of sp³-hybridized carbons (Fsp3) is 0.240. The lowest BCUT2D eigenvalue weighted by Gasteiger charge is -2.23. The van der Waals surface area contributed by atoms with E-state index in [2.05, 4.69) is 0 Å². The lowest BCUT2D eigenvalue weighted by molar-refractivity contribution is -0.137. The van der Waals surface area contributed by atoms with Crippen LogP contribution in [0.15, 0.2) is 70.5 Å². The Balaban J connectivity index is 2.19. The summed E-state index contributed by atoms with van der Waals surface area (Å²) in [6.07, 6.45) is -3.13. The number of nitrogens with zero attached hydrogens (tertiary/aromatic N) is 2. The molecule has 0 saturated carbocycles. The molecule has 0 fully saturated rings. The van der Waals surface area contributed by atoms with E-state index in [1.54, 1.807) is 41.8 Å². The smallest absolute Gasteiger partial charge is 0.317 e. The SMILES string of the molecule is Cc1c(/C=C(\C#N)S(=O)(=O)c2ccccc2)cc(C(C)(C)C)n1-c1ccc(C(F)(F)F)cc1. The van der Waals surface area contributed by atoms with Gasteiger partial charge in [0.05, 0.1) is 10.5 Å². The summed E-state index contributed by atoms with van der Waals surface area (Å²) in [5, 5.41) is 9.62. The third kappa shape index (κ3) is 4.88. The highest BCUT2D eigenvalue weighted by Crippen LogP contribution is 2.34. The van der Waals surface area contributed by atoms with Crippen molar-refractivity contribution in [2.24, 2.45) is 0 Å². The van der Waals surface area contributed by atoms with Gasteiger partial charge in [-0.3, -0.25) is 0 Å². The maximum Gasteiger partial charge on any atom is 0.416 e. The van der Waals surface area contributed by atoms with Crippen LogP contribution in [-0.2, 0) is 21.4 Å². The lowest BCUT2D eigenvalue weighted by Crippen LogP contribution is -2.17. The van der Waals surface area contributed by atoms with Gasteiger partial charge >= 0.3 is 6.18 Å². The van der Waals surface area contributed by atoms with Crippen molar-refractivity contribution in [3.05, 3.63) is 88.1 Å². The first-order valence-electron chi connectivity index (χ1n) is 10.1. The summed E-state index contributed by atoms with van der Waals surface area (Å²) in [7, 11) is -4.03. The van der Waals surface area contributed by atoms with Crippen molar-refractivity contribution in [1.29, 1.82) is 5.26 Å². The van der Waals surface area contributed by atoms with Gasteiger partial charge < -0.3 is 4.57 Å². The van der Waals surface area contributed by atoms with Gasteiger partial charge in [-0.15, -0.1) is 0 Å². The Morgan fingerprint density at radius 2 is 1.58 bits per heavy atom. The summed E-state index contributed by atoms with van der Waals surface area (Å²) in [6, 6.07) is 16.0. The van der Waals surface area contributed by atoms with Crippen LogP contribution in [0, 0.1) is 18.3 Å². The molecule has 3 aromatic rings. The number of rotatable bonds is 4. The molecule has 0 aliphatic rings. The van der Waals surface area contributed by atoms with Crippen LogP contribution in [0.3, 0.4) is 0 Å². The topological polar surface area (TPSA) is 62.9 Å². The first-order valence-corrected chi connectivity index (χ1v) is 11.6. The predicted molar refractivity (Wildman–Crippen MR) is 121 cm³/mol. The highest BCUT2D eigenvalue weighted by molar-refractivity contribution is 7.95. The van der Waals surface area contributed by atoms with Crippen LogP contribution in [0.1, 0.15) is 43.3 Å². The molecule has 0 aliphatic heterocycles. The van der Waals surface area contributed by atoms with Crippen molar-refractivity contribution < 1.29 is 21.6 Å². The van der Waals surface area contributed by atoms with E-state index in [1.165, 1.54) is 30.3 Å². The molecule has 0 aliphatic carbocycles. The van der Waals surface area contributed by atoms with Gasteiger partial charge in [0.1, 0.15) is 11.0 Å². The number of halogens is 3. The van der Waals surface area contributed by atoms with Crippen LogP contribution in [0.4, 0.5) is 13.2 Å². The van der Waals surface area contributed by atoms with Crippen LogP contribution >= 0.6 is 0 Å². The Bertz CT molecular complexity index is 1340. The molecule has 1 heterocycles. The van der Waals surface area contributed by atoms with E-state index in [9.17, 15) is 26.9 Å². The van der Waals surface area contributed by atoms with Crippen LogP contribution in [-0.4, -0.2) is 13.0 Å². The second kappa shape index (κ2) is 8.56. The zero-order chi connectivity index (χ0) is 24.6. The Kier molecular flexibility index (Phi) is 6.31. The minimum Gasteiger partial charge on any atom is -0.317 e. The van der Waals surface area contributed by atoms with Crippen LogP contribution in [0.2, 0.25) is 0 Å². The molecule has 0 unspecified atom stereocenters. The third-order valence-electron chi connectivity index (χ3n) is 5.25. The Hall–Kier alpha value is -3.31. The predicted octanol–water partition coefficient (Wildman–Crippen LogP) is 6.44. The maximum absolute atomic E-state index is 13.0. The van der Waals surface area contributed by atoms with Crippen molar-refractivity contribution in [3.63, 3.8) is 0 Å². The number of benzene rings is 2. The summed E-state index contributed by atoms with van der Waals surface area (Å²) >= 11 is 0. The molecule has 3 rings (SSSR count). The van der Waals surface area contributed by atoms with Gasteiger partial charge in [-0.25, -0.2) is 8.42 Å². The van der Waals surface area contributed by atoms with Crippen molar-refractivity contribution in [1.82, 2.24) is 4.57 Å². The molecule has 0 bridgehead atoms. The van der Waals surface area contributed by atoms with Gasteiger partial charge in [-0.1, -0.05) is 39.0 Å². The van der Waals surface area contributed by atoms with Crippen molar-refractivity contribution in [2.45, 2.75) is 44.2 Å². The monoisotopic (exact) mass is 472 g/mol. The summed E-state index contributed by atoms with van der Waals surface area (Å²) in [6.45, 7) is 7.58. The number of hydrogen-bond acceptors (Lipinski definition) is 3. The average molecular weight is 473 g/mol. The van der Waals surface area contributed by atoms with Gasteiger partial charge in [0.25, 0.3) is 0 Å². The lowest BCUT2D eigenvalue weighted by atomic mass is 9.91. The Morgan fingerprint density at radius 1 is 1.00 bits per heavy atom. The number of sulfone groups is 1. The zero-order valence-electron chi connectivity index (χ0n) is 18.6. The molecule has 172 valence electrons. The van der Waals surface area contributed by atoms with Gasteiger partial charge in [0, 0.05) is 22.5 Å². The Labute approximate surface area is 191 Å². The van der Waals surface area contributed by atoms with Gasteiger partial charge in [-0.2, -0.15) is 18.4 Å². The molecule has 0 amide bonds. The van der Waals surface area contributed by atoms with Gasteiger partial charge in [0.15, 0.2) is 0 Å². The van der Waals surface area contributed by atoms with E-state index in [-0.39, 0.29) is 4.90 Å². The molecular formula is C25H23F3N2O2S. The number of alkyl halides is 3. The third-order valence-corrected chi connectivity index (χ3v) is 6.93. The quantitative estimate of drug-likeness (QED) is 0.411. The first-order chi connectivity index (χ1) is 15.3. The second-order valence-corrected chi connectivity index (χ2v) is 10.6. The molecule has 33 heavy (non-hydrogen) atoms. The number of aromatic nitrogens is 1. The van der Waals surface area contributed by atoms with E-state index >= 15 is 0 Å². The van der Waals surface area contributed by atoms with Gasteiger partial charge in [0.2, 0.25) is 9.84 Å². The van der Waals surface area contributed by atoms with E-state index in [4.69, 9.17) is 0 Å². The average Bonchev–Trinajstić information content (AvgIpc) is 3.08.